The molecule has 0 spiro atoms. The molecular formula is C8H13N5O2. The quantitative estimate of drug-likeness (QED) is 0.707. The van der Waals surface area contributed by atoms with Crippen molar-refractivity contribution in [1.29, 1.82) is 0 Å². The van der Waals surface area contributed by atoms with Crippen LogP contribution >= 0.6 is 0 Å². The van der Waals surface area contributed by atoms with Crippen molar-refractivity contribution in [3.05, 3.63) is 0 Å². The normalized spacial score (nSPS) is 15.3. The highest BCUT2D eigenvalue weighted by molar-refractivity contribution is 5.72. The van der Waals surface area contributed by atoms with Crippen LogP contribution in [-0.2, 0) is 11.8 Å². The highest BCUT2D eigenvalue weighted by atomic mass is 16.4. The Morgan fingerprint density at radius 1 is 1.67 bits per heavy atom. The van der Waals surface area contributed by atoms with Gasteiger partial charge in [-0.1, -0.05) is 5.10 Å². The number of tetrazole rings is 1. The molecule has 0 radical (unpaired) electrons. The number of carboxylic acid groups (broad SMARTS) is 1. The van der Waals surface area contributed by atoms with E-state index in [4.69, 9.17) is 5.11 Å². The van der Waals surface area contributed by atoms with Crippen molar-refractivity contribution >= 4 is 11.9 Å². The molecule has 0 saturated heterocycles. The van der Waals surface area contributed by atoms with Crippen LogP contribution < -0.4 is 4.90 Å². The Kier molecular flexibility index (Phi) is 2.53. The second kappa shape index (κ2) is 3.84. The van der Waals surface area contributed by atoms with Crippen LogP contribution in [-0.4, -0.2) is 44.4 Å². The minimum atomic E-state index is -0.862. The summed E-state index contributed by atoms with van der Waals surface area (Å²) in [5, 5.41) is 19.8. The van der Waals surface area contributed by atoms with E-state index in [1.165, 1.54) is 17.5 Å². The van der Waals surface area contributed by atoms with Gasteiger partial charge in [-0.15, -0.1) is 0 Å². The zero-order valence-electron chi connectivity index (χ0n) is 8.50. The predicted octanol–water partition coefficient (Wildman–Crippen LogP) is -0.489. The monoisotopic (exact) mass is 211 g/mol. The fraction of sp³-hybridized carbons (Fsp3) is 0.750. The van der Waals surface area contributed by atoms with E-state index in [0.29, 0.717) is 11.9 Å². The number of anilines is 1. The number of carbonyl (C=O) groups is 1. The van der Waals surface area contributed by atoms with Crippen LogP contribution in [0.5, 0.6) is 0 Å². The first-order chi connectivity index (χ1) is 7.16. The van der Waals surface area contributed by atoms with Gasteiger partial charge in [0.15, 0.2) is 0 Å². The van der Waals surface area contributed by atoms with Crippen molar-refractivity contribution in [2.75, 3.05) is 18.0 Å². The molecule has 7 nitrogen and oxygen atoms in total. The molecule has 2 rings (SSSR count). The molecule has 82 valence electrons. The fourth-order valence-electron chi connectivity index (χ4n) is 1.48. The number of rotatable bonds is 5. The Hall–Kier alpha value is -1.66. The van der Waals surface area contributed by atoms with Crippen LogP contribution in [0.1, 0.15) is 12.8 Å². The molecule has 1 heterocycles. The maximum Gasteiger partial charge on any atom is 0.323 e. The smallest absolute Gasteiger partial charge is 0.323 e. The molecule has 1 N–H and O–H groups in total. The molecule has 0 bridgehead atoms. The van der Waals surface area contributed by atoms with Gasteiger partial charge in [0.1, 0.15) is 6.54 Å². The van der Waals surface area contributed by atoms with Gasteiger partial charge in [-0.2, -0.15) is 0 Å². The SMILES string of the molecule is Cn1nnnc1N(CC(=O)O)CC1CC1. The standard InChI is InChI=1S/C8H13N5O2/c1-12-8(9-10-11-12)13(5-7(14)15)4-6-2-3-6/h6H,2-5H2,1H3,(H,14,15). The lowest BCUT2D eigenvalue weighted by atomic mass is 10.4. The largest absolute Gasteiger partial charge is 0.480 e. The van der Waals surface area contributed by atoms with E-state index in [2.05, 4.69) is 15.5 Å². The third kappa shape index (κ3) is 2.42. The molecule has 1 fully saturated rings. The Balaban J connectivity index is 2.09. The zero-order chi connectivity index (χ0) is 10.8. The van der Waals surface area contributed by atoms with Crippen LogP contribution in [0.4, 0.5) is 5.95 Å². The van der Waals surface area contributed by atoms with E-state index in [1.807, 2.05) is 0 Å². The first kappa shape index (κ1) is 9.88. The average Bonchev–Trinajstić information content (AvgIpc) is 2.86. The molecule has 0 unspecified atom stereocenters. The second-order valence-electron chi connectivity index (χ2n) is 3.82. The van der Waals surface area contributed by atoms with Gasteiger partial charge < -0.3 is 10.0 Å². The third-order valence-corrected chi connectivity index (χ3v) is 2.38. The van der Waals surface area contributed by atoms with Gasteiger partial charge in [-0.3, -0.25) is 4.79 Å². The molecule has 1 saturated carbocycles. The summed E-state index contributed by atoms with van der Waals surface area (Å²) in [6.45, 7) is 0.672. The Bertz CT molecular complexity index is 360. The molecule has 1 aromatic rings. The van der Waals surface area contributed by atoms with E-state index in [9.17, 15) is 4.79 Å². The summed E-state index contributed by atoms with van der Waals surface area (Å²) in [6.07, 6.45) is 2.34. The number of aryl methyl sites for hydroxylation is 1. The van der Waals surface area contributed by atoms with Gasteiger partial charge in [0.2, 0.25) is 5.95 Å². The van der Waals surface area contributed by atoms with Gasteiger partial charge >= 0.3 is 5.97 Å². The van der Waals surface area contributed by atoms with Crippen molar-refractivity contribution in [1.82, 2.24) is 20.2 Å². The molecule has 0 atom stereocenters. The summed E-state index contributed by atoms with van der Waals surface area (Å²) in [6, 6.07) is 0. The Morgan fingerprint density at radius 2 is 2.40 bits per heavy atom. The molecule has 1 aliphatic rings. The van der Waals surface area contributed by atoms with Gasteiger partial charge in [-0.25, -0.2) is 4.68 Å². The highest BCUT2D eigenvalue weighted by Crippen LogP contribution is 2.30. The third-order valence-electron chi connectivity index (χ3n) is 2.38. The fourth-order valence-corrected chi connectivity index (χ4v) is 1.48. The molecule has 0 amide bonds. The summed E-state index contributed by atoms with van der Waals surface area (Å²) in [5.74, 6) is 0.254. The van der Waals surface area contributed by atoms with E-state index in [0.717, 1.165) is 6.54 Å². The molecule has 1 aromatic heterocycles. The van der Waals surface area contributed by atoms with Gasteiger partial charge in [0, 0.05) is 13.6 Å². The average molecular weight is 211 g/mol. The lowest BCUT2D eigenvalue weighted by Crippen LogP contribution is -2.33. The van der Waals surface area contributed by atoms with Crippen molar-refractivity contribution in [3.8, 4) is 0 Å². The summed E-state index contributed by atoms with van der Waals surface area (Å²) in [5.41, 5.74) is 0. The number of aromatic nitrogens is 4. The van der Waals surface area contributed by atoms with Gasteiger partial charge in [-0.05, 0) is 29.2 Å². The lowest BCUT2D eigenvalue weighted by Gasteiger charge is -2.19. The zero-order valence-corrected chi connectivity index (χ0v) is 8.50. The minimum Gasteiger partial charge on any atom is -0.480 e. The Labute approximate surface area is 86.7 Å². The number of hydrogen-bond donors (Lipinski definition) is 1. The van der Waals surface area contributed by atoms with Crippen molar-refractivity contribution in [2.45, 2.75) is 12.8 Å². The number of nitrogens with zero attached hydrogens (tertiary/aromatic N) is 5. The molecule has 15 heavy (non-hydrogen) atoms. The van der Waals surface area contributed by atoms with Crippen LogP contribution in [0.15, 0.2) is 0 Å². The van der Waals surface area contributed by atoms with Crippen molar-refractivity contribution < 1.29 is 9.90 Å². The van der Waals surface area contributed by atoms with Crippen molar-refractivity contribution in [3.63, 3.8) is 0 Å². The summed E-state index contributed by atoms with van der Waals surface area (Å²) < 4.78 is 1.49. The van der Waals surface area contributed by atoms with E-state index < -0.39 is 5.97 Å². The van der Waals surface area contributed by atoms with Crippen LogP contribution in [0, 0.1) is 5.92 Å². The predicted molar refractivity (Wildman–Crippen MR) is 51.4 cm³/mol. The molecular weight excluding hydrogens is 198 g/mol. The maximum absolute atomic E-state index is 10.7. The maximum atomic E-state index is 10.7. The molecule has 0 aromatic carbocycles. The highest BCUT2D eigenvalue weighted by Gasteiger charge is 2.27. The first-order valence-electron chi connectivity index (χ1n) is 4.86. The number of aliphatic carboxylic acids is 1. The van der Waals surface area contributed by atoms with E-state index in [-0.39, 0.29) is 6.54 Å². The molecule has 7 heteroatoms. The second-order valence-corrected chi connectivity index (χ2v) is 3.82. The topological polar surface area (TPSA) is 84.1 Å². The summed E-state index contributed by atoms with van der Waals surface area (Å²) in [7, 11) is 1.71. The summed E-state index contributed by atoms with van der Waals surface area (Å²) in [4.78, 5) is 12.4. The molecule has 1 aliphatic carbocycles. The van der Waals surface area contributed by atoms with Crippen LogP contribution in [0.3, 0.4) is 0 Å². The molecule has 0 aliphatic heterocycles. The minimum absolute atomic E-state index is 0.0509. The van der Waals surface area contributed by atoms with E-state index >= 15 is 0 Å². The van der Waals surface area contributed by atoms with Crippen molar-refractivity contribution in [2.24, 2.45) is 13.0 Å². The lowest BCUT2D eigenvalue weighted by molar-refractivity contribution is -0.135. The summed E-state index contributed by atoms with van der Waals surface area (Å²) >= 11 is 0. The van der Waals surface area contributed by atoms with Gasteiger partial charge in [0.25, 0.3) is 0 Å². The Morgan fingerprint density at radius 3 is 2.87 bits per heavy atom. The van der Waals surface area contributed by atoms with Gasteiger partial charge in [0.05, 0.1) is 0 Å². The van der Waals surface area contributed by atoms with Crippen LogP contribution in [0.25, 0.3) is 0 Å². The van der Waals surface area contributed by atoms with E-state index in [1.54, 1.807) is 11.9 Å². The van der Waals surface area contributed by atoms with Crippen LogP contribution in [0.2, 0.25) is 0 Å². The number of carboxylic acids is 1. The number of hydrogen-bond acceptors (Lipinski definition) is 5. The first-order valence-corrected chi connectivity index (χ1v) is 4.86.